The van der Waals surface area contributed by atoms with Gasteiger partial charge in [0.1, 0.15) is 5.60 Å². The summed E-state index contributed by atoms with van der Waals surface area (Å²) in [5.74, 6) is 1.09. The fourth-order valence-electron chi connectivity index (χ4n) is 6.56. The molecule has 0 aromatic carbocycles. The van der Waals surface area contributed by atoms with Gasteiger partial charge in [0.2, 0.25) is 0 Å². The van der Waals surface area contributed by atoms with Crippen LogP contribution in [-0.4, -0.2) is 36.0 Å². The van der Waals surface area contributed by atoms with Gasteiger partial charge in [-0.15, -0.1) is 0 Å². The Bertz CT molecular complexity index is 592. The van der Waals surface area contributed by atoms with E-state index >= 15 is 0 Å². The largest absolute Gasteiger partial charge is 0.456 e. The van der Waals surface area contributed by atoms with Gasteiger partial charge in [-0.25, -0.2) is 4.79 Å². The zero-order valence-electron chi connectivity index (χ0n) is 17.9. The van der Waals surface area contributed by atoms with Gasteiger partial charge in [0.15, 0.2) is 0 Å². The highest BCUT2D eigenvalue weighted by molar-refractivity contribution is 5.87. The second-order valence-corrected chi connectivity index (χ2v) is 10.6. The Morgan fingerprint density at radius 2 is 1.71 bits per heavy atom. The van der Waals surface area contributed by atoms with E-state index in [4.69, 9.17) is 14.2 Å². The first-order chi connectivity index (χ1) is 13.3. The minimum Gasteiger partial charge on any atom is -0.456 e. The van der Waals surface area contributed by atoms with Crippen LogP contribution in [0.3, 0.4) is 0 Å². The van der Waals surface area contributed by atoms with Crippen molar-refractivity contribution in [3.05, 3.63) is 12.2 Å². The van der Waals surface area contributed by atoms with Crippen molar-refractivity contribution in [2.75, 3.05) is 13.2 Å². The number of hydrogen-bond donors (Lipinski definition) is 0. The van der Waals surface area contributed by atoms with Gasteiger partial charge in [0.25, 0.3) is 0 Å². The number of rotatable bonds is 10. The fraction of sp³-hybridized carbons (Fsp3) is 0.875. The molecule has 1 aliphatic heterocycles. The lowest BCUT2D eigenvalue weighted by Gasteiger charge is -2.60. The highest BCUT2D eigenvalue weighted by Gasteiger charge is 2.60. The van der Waals surface area contributed by atoms with Gasteiger partial charge in [0, 0.05) is 18.6 Å². The Kier molecular flexibility index (Phi) is 5.65. The van der Waals surface area contributed by atoms with Crippen LogP contribution in [0.4, 0.5) is 0 Å². The van der Waals surface area contributed by atoms with Crippen LogP contribution in [-0.2, 0) is 19.0 Å². The fourth-order valence-corrected chi connectivity index (χ4v) is 6.56. The summed E-state index contributed by atoms with van der Waals surface area (Å²) < 4.78 is 18.2. The maximum atomic E-state index is 12.2. The molecule has 0 radical (unpaired) electrons. The molecule has 4 aliphatic carbocycles. The maximum absolute atomic E-state index is 12.2. The number of hydrogen-bond acceptors (Lipinski definition) is 4. The van der Waals surface area contributed by atoms with E-state index in [2.05, 4.69) is 13.5 Å². The van der Waals surface area contributed by atoms with Crippen molar-refractivity contribution < 1.29 is 19.0 Å². The highest BCUT2D eigenvalue weighted by atomic mass is 16.6. The van der Waals surface area contributed by atoms with E-state index in [0.29, 0.717) is 17.4 Å². The van der Waals surface area contributed by atoms with E-state index in [1.807, 2.05) is 0 Å². The van der Waals surface area contributed by atoms with E-state index in [1.165, 1.54) is 38.5 Å². The molecule has 0 amide bonds. The molecule has 0 spiro atoms. The SMILES string of the molecule is C=C(C)C(=O)OC12CC3CC(CC(OCCCCCCC4(C)CCO4)(C3)C1)C2. The lowest BCUT2D eigenvalue weighted by Crippen LogP contribution is -2.61. The highest BCUT2D eigenvalue weighted by Crippen LogP contribution is 2.60. The molecule has 28 heavy (non-hydrogen) atoms. The predicted octanol–water partition coefficient (Wildman–Crippen LogP) is 5.34. The standard InChI is InChI=1S/C24H38O4/c1-18(2)21(25)28-24-15-19-12-20(16-24)14-23(13-19,17-24)27-10-7-5-4-6-8-22(3)9-11-26-22/h19-20H,1,4-17H2,2-3H3. The third-order valence-electron chi connectivity index (χ3n) is 7.70. The molecule has 4 heteroatoms. The molecule has 0 aromatic heterocycles. The molecule has 158 valence electrons. The van der Waals surface area contributed by atoms with E-state index in [9.17, 15) is 4.79 Å². The zero-order valence-corrected chi connectivity index (χ0v) is 17.9. The van der Waals surface area contributed by atoms with Crippen molar-refractivity contribution in [1.82, 2.24) is 0 Å². The van der Waals surface area contributed by atoms with Crippen molar-refractivity contribution in [3.63, 3.8) is 0 Å². The molecule has 5 fully saturated rings. The molecule has 4 saturated carbocycles. The van der Waals surface area contributed by atoms with Gasteiger partial charge in [-0.05, 0) is 77.0 Å². The second kappa shape index (κ2) is 7.75. The van der Waals surface area contributed by atoms with E-state index < -0.39 is 0 Å². The Labute approximate surface area is 170 Å². The molecule has 0 N–H and O–H groups in total. The molecular formula is C24H38O4. The third-order valence-corrected chi connectivity index (χ3v) is 7.70. The third kappa shape index (κ3) is 4.33. The maximum Gasteiger partial charge on any atom is 0.333 e. The molecule has 0 aromatic rings. The van der Waals surface area contributed by atoms with Crippen LogP contribution in [0.15, 0.2) is 12.2 Å². The van der Waals surface area contributed by atoms with Gasteiger partial charge in [0.05, 0.1) is 17.8 Å². The van der Waals surface area contributed by atoms with Crippen LogP contribution >= 0.6 is 0 Å². The van der Waals surface area contributed by atoms with Crippen LogP contribution in [0.2, 0.25) is 0 Å². The molecule has 4 bridgehead atoms. The molecule has 3 atom stereocenters. The average Bonchev–Trinajstić information content (AvgIpc) is 2.57. The lowest BCUT2D eigenvalue weighted by atomic mass is 9.52. The Balaban J connectivity index is 1.23. The minimum atomic E-state index is -0.293. The Morgan fingerprint density at radius 3 is 2.32 bits per heavy atom. The first kappa shape index (κ1) is 20.4. The molecule has 3 unspecified atom stereocenters. The Morgan fingerprint density at radius 1 is 1.07 bits per heavy atom. The summed E-state index contributed by atoms with van der Waals surface area (Å²) in [5, 5.41) is 0. The van der Waals surface area contributed by atoms with Gasteiger partial charge >= 0.3 is 5.97 Å². The molecule has 1 heterocycles. The van der Waals surface area contributed by atoms with Crippen LogP contribution in [0.1, 0.15) is 90.9 Å². The first-order valence-corrected chi connectivity index (χ1v) is 11.5. The van der Waals surface area contributed by atoms with E-state index in [0.717, 1.165) is 51.7 Å². The molecule has 5 rings (SSSR count). The van der Waals surface area contributed by atoms with Crippen LogP contribution in [0, 0.1) is 11.8 Å². The smallest absolute Gasteiger partial charge is 0.333 e. The predicted molar refractivity (Wildman–Crippen MR) is 109 cm³/mol. The minimum absolute atomic E-state index is 0.0489. The van der Waals surface area contributed by atoms with Crippen molar-refractivity contribution in [2.24, 2.45) is 11.8 Å². The molecule has 5 aliphatic rings. The van der Waals surface area contributed by atoms with Crippen molar-refractivity contribution >= 4 is 5.97 Å². The van der Waals surface area contributed by atoms with Crippen LogP contribution in [0.5, 0.6) is 0 Å². The monoisotopic (exact) mass is 390 g/mol. The molecule has 1 saturated heterocycles. The van der Waals surface area contributed by atoms with Crippen LogP contribution in [0.25, 0.3) is 0 Å². The lowest BCUT2D eigenvalue weighted by molar-refractivity contribution is -0.232. The Hall–Kier alpha value is -0.870. The van der Waals surface area contributed by atoms with Gasteiger partial charge in [-0.1, -0.05) is 25.8 Å². The van der Waals surface area contributed by atoms with Crippen molar-refractivity contribution in [2.45, 2.75) is 108 Å². The summed E-state index contributed by atoms with van der Waals surface area (Å²) in [4.78, 5) is 12.2. The summed E-state index contributed by atoms with van der Waals surface area (Å²) in [5.41, 5.74) is 0.336. The first-order valence-electron chi connectivity index (χ1n) is 11.5. The number of unbranched alkanes of at least 4 members (excludes halogenated alkanes) is 3. The number of esters is 1. The number of carbonyl (C=O) groups is 1. The summed E-state index contributed by atoms with van der Waals surface area (Å²) in [7, 11) is 0. The normalized spacial score (nSPS) is 40.9. The topological polar surface area (TPSA) is 44.8 Å². The summed E-state index contributed by atoms with van der Waals surface area (Å²) in [6.45, 7) is 9.54. The van der Waals surface area contributed by atoms with Gasteiger partial charge in [-0.3, -0.25) is 0 Å². The van der Waals surface area contributed by atoms with E-state index in [1.54, 1.807) is 6.92 Å². The van der Waals surface area contributed by atoms with Gasteiger partial charge in [-0.2, -0.15) is 0 Å². The molecule has 4 nitrogen and oxygen atoms in total. The second-order valence-electron chi connectivity index (χ2n) is 10.6. The van der Waals surface area contributed by atoms with Gasteiger partial charge < -0.3 is 14.2 Å². The van der Waals surface area contributed by atoms with Crippen molar-refractivity contribution in [1.29, 1.82) is 0 Å². The van der Waals surface area contributed by atoms with Crippen LogP contribution < -0.4 is 0 Å². The zero-order chi connectivity index (χ0) is 19.8. The number of ether oxygens (including phenoxy) is 3. The average molecular weight is 391 g/mol. The summed E-state index contributed by atoms with van der Waals surface area (Å²) in [6, 6.07) is 0. The quantitative estimate of drug-likeness (QED) is 0.287. The van der Waals surface area contributed by atoms with E-state index in [-0.39, 0.29) is 22.8 Å². The molecular weight excluding hydrogens is 352 g/mol. The summed E-state index contributed by atoms with van der Waals surface area (Å²) in [6.07, 6.45) is 13.8. The summed E-state index contributed by atoms with van der Waals surface area (Å²) >= 11 is 0. The van der Waals surface area contributed by atoms with Crippen molar-refractivity contribution in [3.8, 4) is 0 Å². The number of carbonyl (C=O) groups excluding carboxylic acids is 1.